The van der Waals surface area contributed by atoms with Crippen LogP contribution in [0.4, 0.5) is 0 Å². The summed E-state index contributed by atoms with van der Waals surface area (Å²) in [4.78, 5) is 20.4. The first-order chi connectivity index (χ1) is 11.1. The van der Waals surface area contributed by atoms with Crippen molar-refractivity contribution in [2.75, 3.05) is 6.54 Å². The lowest BCUT2D eigenvalue weighted by atomic mass is 10.1. The van der Waals surface area contributed by atoms with Crippen LogP contribution in [0.1, 0.15) is 31.7 Å². The summed E-state index contributed by atoms with van der Waals surface area (Å²) in [6.45, 7) is 3.41. The molecule has 1 atom stereocenters. The van der Waals surface area contributed by atoms with Crippen LogP contribution < -0.4 is 10.5 Å². The van der Waals surface area contributed by atoms with Crippen molar-refractivity contribution in [2.24, 2.45) is 5.73 Å². The molecule has 0 bridgehead atoms. The summed E-state index contributed by atoms with van der Waals surface area (Å²) in [6.07, 6.45) is 1.44. The minimum absolute atomic E-state index is 0. The Hall–Kier alpha value is -1.19. The fourth-order valence-corrected chi connectivity index (χ4v) is 3.30. The molecule has 0 spiro atoms. The SMILES string of the molecule is CC(=O)Cl.Cc1ccccc1S(=O)(=O)NC(CCCCN)C(=O)O.Cl. The van der Waals surface area contributed by atoms with E-state index >= 15 is 0 Å². The lowest BCUT2D eigenvalue weighted by Crippen LogP contribution is -2.40. The summed E-state index contributed by atoms with van der Waals surface area (Å²) in [6, 6.07) is 5.32. The van der Waals surface area contributed by atoms with E-state index in [1.54, 1.807) is 25.1 Å². The van der Waals surface area contributed by atoms with Crippen molar-refractivity contribution in [3.63, 3.8) is 0 Å². The Morgan fingerprint density at radius 1 is 1.28 bits per heavy atom. The van der Waals surface area contributed by atoms with Gasteiger partial charge in [0.15, 0.2) is 0 Å². The van der Waals surface area contributed by atoms with Gasteiger partial charge in [-0.25, -0.2) is 8.42 Å². The molecule has 1 rings (SSSR count). The Morgan fingerprint density at radius 2 is 1.80 bits per heavy atom. The van der Waals surface area contributed by atoms with E-state index < -0.39 is 22.0 Å². The summed E-state index contributed by atoms with van der Waals surface area (Å²) in [7, 11) is -3.83. The number of hydrogen-bond acceptors (Lipinski definition) is 5. The van der Waals surface area contributed by atoms with Gasteiger partial charge in [0, 0.05) is 6.92 Å². The van der Waals surface area contributed by atoms with Crippen molar-refractivity contribution in [3.05, 3.63) is 29.8 Å². The van der Waals surface area contributed by atoms with E-state index in [-0.39, 0.29) is 29.0 Å². The zero-order valence-electron chi connectivity index (χ0n) is 14.1. The number of unbranched alkanes of at least 4 members (excludes halogenated alkanes) is 1. The topological polar surface area (TPSA) is 127 Å². The number of carboxylic acids is 1. The van der Waals surface area contributed by atoms with Crippen molar-refractivity contribution >= 4 is 45.2 Å². The molecule has 0 aliphatic heterocycles. The third-order valence-electron chi connectivity index (χ3n) is 2.93. The minimum atomic E-state index is -3.83. The number of carboxylic acid groups (broad SMARTS) is 1. The van der Waals surface area contributed by atoms with Gasteiger partial charge in [0.05, 0.1) is 4.90 Å². The van der Waals surface area contributed by atoms with E-state index in [9.17, 15) is 18.0 Å². The van der Waals surface area contributed by atoms with Crippen LogP contribution in [-0.2, 0) is 19.6 Å². The molecule has 25 heavy (non-hydrogen) atoms. The lowest BCUT2D eigenvalue weighted by Gasteiger charge is -2.15. The highest BCUT2D eigenvalue weighted by molar-refractivity contribution is 7.89. The molecule has 0 saturated heterocycles. The van der Waals surface area contributed by atoms with Gasteiger partial charge in [-0.2, -0.15) is 4.72 Å². The number of benzene rings is 1. The monoisotopic (exact) mass is 414 g/mol. The first-order valence-electron chi connectivity index (χ1n) is 7.28. The van der Waals surface area contributed by atoms with Gasteiger partial charge in [-0.3, -0.25) is 9.59 Å². The molecule has 0 radical (unpaired) electrons. The quantitative estimate of drug-likeness (QED) is 0.441. The number of carbonyl (C=O) groups excluding carboxylic acids is 1. The Bertz CT molecular complexity index is 649. The lowest BCUT2D eigenvalue weighted by molar-refractivity contribution is -0.139. The largest absolute Gasteiger partial charge is 0.480 e. The van der Waals surface area contributed by atoms with E-state index in [1.807, 2.05) is 0 Å². The van der Waals surface area contributed by atoms with Crippen LogP contribution in [0.2, 0.25) is 0 Å². The highest BCUT2D eigenvalue weighted by Gasteiger charge is 2.25. The molecule has 0 fully saturated rings. The fourth-order valence-electron chi connectivity index (χ4n) is 1.83. The first-order valence-corrected chi connectivity index (χ1v) is 9.14. The van der Waals surface area contributed by atoms with Crippen LogP contribution in [0, 0.1) is 6.92 Å². The van der Waals surface area contributed by atoms with Gasteiger partial charge in [0.2, 0.25) is 15.3 Å². The number of rotatable bonds is 8. The number of nitrogens with one attached hydrogen (secondary N) is 1. The number of aryl methyl sites for hydroxylation is 1. The maximum atomic E-state index is 12.2. The molecule has 0 aliphatic rings. The number of nitrogens with two attached hydrogens (primary N) is 1. The second kappa shape index (κ2) is 13.1. The number of hydrogen-bond donors (Lipinski definition) is 3. The number of halogens is 2. The third kappa shape index (κ3) is 11.1. The maximum Gasteiger partial charge on any atom is 0.321 e. The average Bonchev–Trinajstić information content (AvgIpc) is 2.45. The average molecular weight is 415 g/mol. The van der Waals surface area contributed by atoms with E-state index in [4.69, 9.17) is 10.8 Å². The van der Waals surface area contributed by atoms with Gasteiger partial charge < -0.3 is 10.8 Å². The van der Waals surface area contributed by atoms with Gasteiger partial charge in [0.1, 0.15) is 6.04 Å². The molecule has 0 aliphatic carbocycles. The third-order valence-corrected chi connectivity index (χ3v) is 4.56. The molecule has 10 heteroatoms. The highest BCUT2D eigenvalue weighted by atomic mass is 35.5. The van der Waals surface area contributed by atoms with Crippen LogP contribution in [-0.4, -0.2) is 37.3 Å². The van der Waals surface area contributed by atoms with Gasteiger partial charge in [-0.15, -0.1) is 12.4 Å². The first kappa shape index (κ1) is 26.0. The summed E-state index contributed by atoms with van der Waals surface area (Å²) in [5.41, 5.74) is 5.92. The summed E-state index contributed by atoms with van der Waals surface area (Å²) in [5.74, 6) is -1.18. The zero-order chi connectivity index (χ0) is 18.8. The number of aliphatic carboxylic acids is 1. The van der Waals surface area contributed by atoms with Crippen LogP contribution in [0.3, 0.4) is 0 Å². The molecule has 144 valence electrons. The van der Waals surface area contributed by atoms with Crippen LogP contribution in [0.15, 0.2) is 29.2 Å². The molecule has 0 aromatic heterocycles. The van der Waals surface area contributed by atoms with Gasteiger partial charge in [-0.05, 0) is 49.5 Å². The zero-order valence-corrected chi connectivity index (χ0v) is 16.5. The Labute approximate surface area is 159 Å². The van der Waals surface area contributed by atoms with Crippen molar-refractivity contribution in [2.45, 2.75) is 44.0 Å². The van der Waals surface area contributed by atoms with Crippen LogP contribution in [0.25, 0.3) is 0 Å². The van der Waals surface area contributed by atoms with Crippen molar-refractivity contribution < 1.29 is 23.1 Å². The van der Waals surface area contributed by atoms with E-state index in [0.29, 0.717) is 24.9 Å². The molecule has 7 nitrogen and oxygen atoms in total. The second-order valence-electron chi connectivity index (χ2n) is 5.03. The van der Waals surface area contributed by atoms with Gasteiger partial charge in [-0.1, -0.05) is 24.6 Å². The van der Waals surface area contributed by atoms with Crippen LogP contribution >= 0.6 is 24.0 Å². The summed E-state index contributed by atoms with van der Waals surface area (Å²) < 4.78 is 26.6. The van der Waals surface area contributed by atoms with E-state index in [1.165, 1.54) is 13.0 Å². The Morgan fingerprint density at radius 3 is 2.24 bits per heavy atom. The fraction of sp³-hybridized carbons (Fsp3) is 0.467. The van der Waals surface area contributed by atoms with Crippen molar-refractivity contribution in [3.8, 4) is 0 Å². The van der Waals surface area contributed by atoms with Gasteiger partial charge in [0.25, 0.3) is 0 Å². The van der Waals surface area contributed by atoms with Crippen molar-refractivity contribution in [1.82, 2.24) is 4.72 Å². The second-order valence-corrected chi connectivity index (χ2v) is 7.25. The highest BCUT2D eigenvalue weighted by Crippen LogP contribution is 2.15. The Balaban J connectivity index is 0. The predicted octanol–water partition coefficient (Wildman–Crippen LogP) is 2.05. The summed E-state index contributed by atoms with van der Waals surface area (Å²) >= 11 is 4.64. The molecule has 0 amide bonds. The predicted molar refractivity (Wildman–Crippen MR) is 99.6 cm³/mol. The van der Waals surface area contributed by atoms with Gasteiger partial charge >= 0.3 is 5.97 Å². The minimum Gasteiger partial charge on any atom is -0.480 e. The number of carbonyl (C=O) groups is 2. The Kier molecular flexibility index (Phi) is 13.6. The molecule has 0 saturated carbocycles. The molecule has 1 aromatic carbocycles. The molecule has 1 unspecified atom stereocenters. The smallest absolute Gasteiger partial charge is 0.321 e. The molecular weight excluding hydrogens is 391 g/mol. The molecule has 0 heterocycles. The number of sulfonamides is 1. The maximum absolute atomic E-state index is 12.2. The normalized spacial score (nSPS) is 11.5. The van der Waals surface area contributed by atoms with E-state index in [2.05, 4.69) is 16.3 Å². The standard InChI is InChI=1S/C13H20N2O4S.C2H3ClO.ClH/c1-10-6-2-3-8-12(10)20(18,19)15-11(13(16)17)7-4-5-9-14;1-2(3)4;/h2-3,6,8,11,15H,4-5,7,9,14H2,1H3,(H,16,17);1H3;1H. The van der Waals surface area contributed by atoms with E-state index in [0.717, 1.165) is 0 Å². The van der Waals surface area contributed by atoms with Crippen LogP contribution in [0.5, 0.6) is 0 Å². The molecular formula is C15H24Cl2N2O5S. The van der Waals surface area contributed by atoms with Crippen molar-refractivity contribution in [1.29, 1.82) is 0 Å². The molecule has 4 N–H and O–H groups in total. The molecule has 1 aromatic rings. The summed E-state index contributed by atoms with van der Waals surface area (Å²) in [5, 5.41) is 8.73.